The molecule has 3 rings (SSSR count). The van der Waals surface area contributed by atoms with Crippen molar-refractivity contribution in [3.63, 3.8) is 0 Å². The number of aryl methyl sites for hydroxylation is 1. The molecule has 3 aromatic rings. The number of rotatable bonds is 9. The predicted molar refractivity (Wildman–Crippen MR) is 121 cm³/mol. The number of hydrogen-bond donors (Lipinski definition) is 4. The normalized spacial score (nSPS) is 11.4. The number of carbonyl (C=O) groups is 1. The summed E-state index contributed by atoms with van der Waals surface area (Å²) in [5.74, 6) is 3.69. The van der Waals surface area contributed by atoms with Crippen LogP contribution in [0.4, 0.5) is 15.8 Å². The molecule has 0 aliphatic carbocycles. The summed E-state index contributed by atoms with van der Waals surface area (Å²) in [6.45, 7) is 0. The average molecular weight is 456 g/mol. The van der Waals surface area contributed by atoms with E-state index in [0.717, 1.165) is 0 Å². The van der Waals surface area contributed by atoms with Crippen molar-refractivity contribution < 1.29 is 22.7 Å². The SMILES string of the molecule is NNC=Nc1cccc(S(=O)(=O)Nc2cccc(-c3cc(CCC(=O)O)ccc3F)c2)c1. The highest BCUT2D eigenvalue weighted by Gasteiger charge is 2.16. The average Bonchev–Trinajstić information content (AvgIpc) is 2.77. The Balaban J connectivity index is 1.88. The number of sulfonamides is 1. The Morgan fingerprint density at radius 1 is 1.09 bits per heavy atom. The lowest BCUT2D eigenvalue weighted by Gasteiger charge is -2.11. The van der Waals surface area contributed by atoms with Crippen molar-refractivity contribution in [1.82, 2.24) is 5.43 Å². The van der Waals surface area contributed by atoms with Gasteiger partial charge in [-0.3, -0.25) is 9.52 Å². The molecule has 3 aromatic carbocycles. The Morgan fingerprint density at radius 2 is 1.88 bits per heavy atom. The van der Waals surface area contributed by atoms with Crippen LogP contribution in [0.1, 0.15) is 12.0 Å². The van der Waals surface area contributed by atoms with E-state index in [2.05, 4.69) is 15.1 Å². The van der Waals surface area contributed by atoms with Crippen LogP contribution in [-0.2, 0) is 21.2 Å². The van der Waals surface area contributed by atoms with Gasteiger partial charge < -0.3 is 10.5 Å². The summed E-state index contributed by atoms with van der Waals surface area (Å²) in [4.78, 5) is 14.8. The van der Waals surface area contributed by atoms with Crippen molar-refractivity contribution >= 4 is 33.7 Å². The maximum absolute atomic E-state index is 14.5. The lowest BCUT2D eigenvalue weighted by molar-refractivity contribution is -0.136. The summed E-state index contributed by atoms with van der Waals surface area (Å²) in [6, 6.07) is 16.6. The van der Waals surface area contributed by atoms with Gasteiger partial charge >= 0.3 is 5.97 Å². The lowest BCUT2D eigenvalue weighted by atomic mass is 10.00. The molecule has 0 aliphatic heterocycles. The number of aliphatic carboxylic acids is 1. The second-order valence-electron chi connectivity index (χ2n) is 6.82. The summed E-state index contributed by atoms with van der Waals surface area (Å²) in [5, 5.41) is 8.86. The zero-order chi connectivity index (χ0) is 23.1. The second kappa shape index (κ2) is 10.0. The van der Waals surface area contributed by atoms with Gasteiger partial charge in [-0.1, -0.05) is 24.3 Å². The van der Waals surface area contributed by atoms with Gasteiger partial charge in [0.15, 0.2) is 0 Å². The molecule has 0 radical (unpaired) electrons. The molecule has 0 heterocycles. The fourth-order valence-electron chi connectivity index (χ4n) is 3.01. The van der Waals surface area contributed by atoms with Gasteiger partial charge in [0.05, 0.1) is 10.6 Å². The first-order valence-corrected chi connectivity index (χ1v) is 11.0. The van der Waals surface area contributed by atoms with Crippen LogP contribution < -0.4 is 16.0 Å². The van der Waals surface area contributed by atoms with Crippen LogP contribution in [-0.4, -0.2) is 25.8 Å². The number of hydrazine groups is 1. The molecule has 0 atom stereocenters. The van der Waals surface area contributed by atoms with Crippen LogP contribution in [0.5, 0.6) is 0 Å². The zero-order valence-electron chi connectivity index (χ0n) is 16.8. The monoisotopic (exact) mass is 456 g/mol. The molecule has 0 unspecified atom stereocenters. The van der Waals surface area contributed by atoms with E-state index >= 15 is 0 Å². The van der Waals surface area contributed by atoms with Crippen molar-refractivity contribution in [2.24, 2.45) is 10.8 Å². The third-order valence-electron chi connectivity index (χ3n) is 4.50. The maximum atomic E-state index is 14.5. The third kappa shape index (κ3) is 5.90. The summed E-state index contributed by atoms with van der Waals surface area (Å²) in [6.07, 6.45) is 1.41. The fraction of sp³-hybridized carbons (Fsp3) is 0.0909. The molecule has 0 spiro atoms. The molecule has 0 bridgehead atoms. The van der Waals surface area contributed by atoms with Crippen molar-refractivity contribution in [3.8, 4) is 11.1 Å². The van der Waals surface area contributed by atoms with Gasteiger partial charge in [-0.25, -0.2) is 23.6 Å². The van der Waals surface area contributed by atoms with Crippen LogP contribution in [0, 0.1) is 5.82 Å². The van der Waals surface area contributed by atoms with Gasteiger partial charge in [-0.2, -0.15) is 0 Å². The highest BCUT2D eigenvalue weighted by Crippen LogP contribution is 2.28. The van der Waals surface area contributed by atoms with Crippen molar-refractivity contribution in [3.05, 3.63) is 78.1 Å². The first kappa shape index (κ1) is 22.9. The van der Waals surface area contributed by atoms with E-state index in [1.807, 2.05) is 0 Å². The molecule has 5 N–H and O–H groups in total. The standard InChI is InChI=1S/C22H21FN4O4S/c23-21-9-7-15(8-10-22(28)29)11-20(21)16-3-1-5-18(12-16)27-32(30,31)19-6-2-4-17(13-19)25-14-26-24/h1-7,9,11-14,27H,8,10,24H2,(H,25,26)(H,28,29). The van der Waals surface area contributed by atoms with E-state index in [9.17, 15) is 17.6 Å². The quantitative estimate of drug-likeness (QED) is 0.169. The van der Waals surface area contributed by atoms with E-state index in [4.69, 9.17) is 10.9 Å². The molecule has 32 heavy (non-hydrogen) atoms. The number of nitrogens with one attached hydrogen (secondary N) is 2. The molecule has 0 saturated heterocycles. The molecule has 0 aromatic heterocycles. The Morgan fingerprint density at radius 3 is 2.62 bits per heavy atom. The predicted octanol–water partition coefficient (Wildman–Crippen LogP) is 3.43. The van der Waals surface area contributed by atoms with Crippen molar-refractivity contribution in [1.29, 1.82) is 0 Å². The summed E-state index contributed by atoms with van der Waals surface area (Å²) < 4.78 is 42.6. The third-order valence-corrected chi connectivity index (χ3v) is 5.88. The van der Waals surface area contributed by atoms with E-state index in [0.29, 0.717) is 16.8 Å². The Bertz CT molecular complexity index is 1260. The van der Waals surface area contributed by atoms with Crippen LogP contribution >= 0.6 is 0 Å². The van der Waals surface area contributed by atoms with E-state index in [-0.39, 0.29) is 29.0 Å². The van der Waals surface area contributed by atoms with Crippen LogP contribution in [0.15, 0.2) is 76.6 Å². The zero-order valence-corrected chi connectivity index (χ0v) is 17.6. The maximum Gasteiger partial charge on any atom is 0.303 e. The second-order valence-corrected chi connectivity index (χ2v) is 8.50. The Labute approximate surface area is 184 Å². The van der Waals surface area contributed by atoms with Gasteiger partial charge in [0.25, 0.3) is 10.0 Å². The highest BCUT2D eigenvalue weighted by molar-refractivity contribution is 7.92. The van der Waals surface area contributed by atoms with Gasteiger partial charge in [0, 0.05) is 17.7 Å². The van der Waals surface area contributed by atoms with Gasteiger partial charge in [-0.05, 0) is 60.0 Å². The molecule has 10 heteroatoms. The highest BCUT2D eigenvalue weighted by atomic mass is 32.2. The van der Waals surface area contributed by atoms with Gasteiger partial charge in [0.1, 0.15) is 12.2 Å². The molecule has 0 fully saturated rings. The fourth-order valence-corrected chi connectivity index (χ4v) is 4.10. The number of carboxylic acids is 1. The largest absolute Gasteiger partial charge is 0.481 e. The molecule has 0 aliphatic rings. The number of benzene rings is 3. The topological polar surface area (TPSA) is 134 Å². The van der Waals surface area contributed by atoms with E-state index < -0.39 is 21.8 Å². The van der Waals surface area contributed by atoms with Crippen molar-refractivity contribution in [2.45, 2.75) is 17.7 Å². The number of aliphatic imine (C=N–C) groups is 1. The van der Waals surface area contributed by atoms with Gasteiger partial charge in [0.2, 0.25) is 0 Å². The number of halogens is 1. The summed E-state index contributed by atoms with van der Waals surface area (Å²) in [5.41, 5.74) is 4.24. The van der Waals surface area contributed by atoms with Crippen LogP contribution in [0.25, 0.3) is 11.1 Å². The van der Waals surface area contributed by atoms with E-state index in [1.165, 1.54) is 36.7 Å². The molecular formula is C22H21FN4O4S. The first-order valence-electron chi connectivity index (χ1n) is 9.51. The number of anilines is 1. The number of carboxylic acid groups (broad SMARTS) is 1. The first-order chi connectivity index (χ1) is 15.3. The summed E-state index contributed by atoms with van der Waals surface area (Å²) in [7, 11) is -3.93. The van der Waals surface area contributed by atoms with Gasteiger partial charge in [-0.15, -0.1) is 0 Å². The molecule has 0 amide bonds. The van der Waals surface area contributed by atoms with Crippen LogP contribution in [0.2, 0.25) is 0 Å². The minimum Gasteiger partial charge on any atom is -0.481 e. The number of hydrogen-bond acceptors (Lipinski definition) is 5. The van der Waals surface area contributed by atoms with Crippen molar-refractivity contribution in [2.75, 3.05) is 4.72 Å². The van der Waals surface area contributed by atoms with Crippen LogP contribution in [0.3, 0.4) is 0 Å². The summed E-state index contributed by atoms with van der Waals surface area (Å²) >= 11 is 0. The van der Waals surface area contributed by atoms with E-state index in [1.54, 1.807) is 36.4 Å². The lowest BCUT2D eigenvalue weighted by Crippen LogP contribution is -2.18. The molecular weight excluding hydrogens is 435 g/mol. The Kier molecular flexibility index (Phi) is 7.18. The Hall–Kier alpha value is -3.76. The number of nitrogens with two attached hydrogens (primary N) is 1. The smallest absolute Gasteiger partial charge is 0.303 e. The molecule has 166 valence electrons. The molecule has 8 nitrogen and oxygen atoms in total. The minimum absolute atomic E-state index is 0.00331. The number of nitrogens with zero attached hydrogens (tertiary/aromatic N) is 1. The minimum atomic E-state index is -3.93. The molecule has 0 saturated carbocycles.